The van der Waals surface area contributed by atoms with Crippen LogP contribution in [0.2, 0.25) is 0 Å². The average Bonchev–Trinajstić information content (AvgIpc) is 2.79. The highest BCUT2D eigenvalue weighted by atomic mass is 32.2. The molecular weight excluding hydrogens is 486 g/mol. The Labute approximate surface area is 207 Å². The minimum atomic E-state index is -3.78. The third-order valence-corrected chi connectivity index (χ3v) is 8.01. The summed E-state index contributed by atoms with van der Waals surface area (Å²) in [6, 6.07) is 19.9. The van der Waals surface area contributed by atoms with Gasteiger partial charge >= 0.3 is 0 Å². The first kappa shape index (κ1) is 26.2. The van der Waals surface area contributed by atoms with Crippen molar-refractivity contribution in [3.8, 4) is 0 Å². The number of amides is 1. The van der Waals surface area contributed by atoms with Crippen molar-refractivity contribution in [2.75, 3.05) is 27.1 Å². The van der Waals surface area contributed by atoms with Crippen LogP contribution in [0.4, 0.5) is 17.1 Å². The largest absolute Gasteiger partial charge is 0.326 e. The SMILES string of the molecule is Cc1ccc(NS(=O)(=O)c2ccc(NC(=O)CCCN(c3ccccc3)S(C)(=O)=O)cc2)cc1C. The van der Waals surface area contributed by atoms with E-state index in [2.05, 4.69) is 10.0 Å². The maximum atomic E-state index is 12.7. The van der Waals surface area contributed by atoms with Crippen molar-refractivity contribution < 1.29 is 21.6 Å². The Morgan fingerprint density at radius 2 is 1.46 bits per heavy atom. The van der Waals surface area contributed by atoms with Crippen molar-refractivity contribution in [2.45, 2.75) is 31.6 Å². The lowest BCUT2D eigenvalue weighted by Crippen LogP contribution is -2.31. The lowest BCUT2D eigenvalue weighted by molar-refractivity contribution is -0.116. The van der Waals surface area contributed by atoms with E-state index < -0.39 is 20.0 Å². The molecule has 0 aliphatic heterocycles. The zero-order valence-corrected chi connectivity index (χ0v) is 21.5. The van der Waals surface area contributed by atoms with E-state index in [0.29, 0.717) is 23.5 Å². The van der Waals surface area contributed by atoms with Gasteiger partial charge in [0.05, 0.1) is 16.8 Å². The van der Waals surface area contributed by atoms with Crippen LogP contribution in [0.15, 0.2) is 77.7 Å². The summed E-state index contributed by atoms with van der Waals surface area (Å²) in [5.41, 5.74) is 3.51. The number of sulfonamides is 2. The van der Waals surface area contributed by atoms with Crippen LogP contribution in [0, 0.1) is 13.8 Å². The maximum absolute atomic E-state index is 12.7. The van der Waals surface area contributed by atoms with Crippen LogP contribution < -0.4 is 14.3 Å². The van der Waals surface area contributed by atoms with Crippen molar-refractivity contribution in [1.82, 2.24) is 0 Å². The number of carbonyl (C=O) groups is 1. The van der Waals surface area contributed by atoms with Crippen LogP contribution in [0.5, 0.6) is 0 Å². The summed E-state index contributed by atoms with van der Waals surface area (Å²) >= 11 is 0. The Hall–Kier alpha value is -3.37. The van der Waals surface area contributed by atoms with Crippen molar-refractivity contribution in [3.63, 3.8) is 0 Å². The molecule has 3 aromatic carbocycles. The number of hydrogen-bond acceptors (Lipinski definition) is 5. The van der Waals surface area contributed by atoms with Crippen LogP contribution >= 0.6 is 0 Å². The first-order valence-electron chi connectivity index (χ1n) is 11.0. The molecule has 8 nitrogen and oxygen atoms in total. The lowest BCUT2D eigenvalue weighted by atomic mass is 10.1. The van der Waals surface area contributed by atoms with E-state index in [-0.39, 0.29) is 23.8 Å². The minimum absolute atomic E-state index is 0.0698. The lowest BCUT2D eigenvalue weighted by Gasteiger charge is -2.22. The summed E-state index contributed by atoms with van der Waals surface area (Å²) in [7, 11) is -7.26. The van der Waals surface area contributed by atoms with E-state index in [9.17, 15) is 21.6 Å². The fourth-order valence-corrected chi connectivity index (χ4v) is 5.44. The van der Waals surface area contributed by atoms with Gasteiger partial charge in [-0.25, -0.2) is 16.8 Å². The van der Waals surface area contributed by atoms with E-state index in [4.69, 9.17) is 0 Å². The topological polar surface area (TPSA) is 113 Å². The molecule has 0 radical (unpaired) electrons. The zero-order valence-electron chi connectivity index (χ0n) is 19.9. The van der Waals surface area contributed by atoms with Gasteiger partial charge < -0.3 is 5.32 Å². The highest BCUT2D eigenvalue weighted by molar-refractivity contribution is 7.92. The first-order valence-corrected chi connectivity index (χ1v) is 14.3. The Morgan fingerprint density at radius 1 is 0.829 bits per heavy atom. The number of anilines is 3. The number of para-hydroxylation sites is 1. The molecule has 0 atom stereocenters. The predicted octanol–water partition coefficient (Wildman–Crippen LogP) is 4.29. The summed E-state index contributed by atoms with van der Waals surface area (Å²) in [5, 5.41) is 2.71. The summed E-state index contributed by atoms with van der Waals surface area (Å²) < 4.78 is 53.4. The Bertz CT molecular complexity index is 1390. The van der Waals surface area contributed by atoms with Crippen LogP contribution in [0.3, 0.4) is 0 Å². The molecule has 10 heteroatoms. The minimum Gasteiger partial charge on any atom is -0.326 e. The van der Waals surface area contributed by atoms with Gasteiger partial charge in [0, 0.05) is 24.3 Å². The van der Waals surface area contributed by atoms with Crippen molar-refractivity contribution >= 4 is 43.0 Å². The number of nitrogens with one attached hydrogen (secondary N) is 2. The van der Waals surface area contributed by atoms with Crippen LogP contribution in [0.1, 0.15) is 24.0 Å². The van der Waals surface area contributed by atoms with E-state index in [1.807, 2.05) is 19.9 Å². The molecule has 186 valence electrons. The quantitative estimate of drug-likeness (QED) is 0.418. The van der Waals surface area contributed by atoms with Crippen molar-refractivity contribution in [3.05, 3.63) is 83.9 Å². The molecule has 3 aromatic rings. The molecule has 0 saturated carbocycles. The second kappa shape index (κ2) is 10.9. The average molecular weight is 516 g/mol. The molecular formula is C25H29N3O5S2. The molecule has 2 N–H and O–H groups in total. The Balaban J connectivity index is 1.57. The molecule has 0 unspecified atom stereocenters. The molecule has 0 aromatic heterocycles. The third-order valence-electron chi connectivity index (χ3n) is 5.42. The van der Waals surface area contributed by atoms with Crippen LogP contribution in [-0.4, -0.2) is 35.5 Å². The van der Waals surface area contributed by atoms with E-state index >= 15 is 0 Å². The summed E-state index contributed by atoms with van der Waals surface area (Å²) in [5.74, 6) is -0.296. The van der Waals surface area contributed by atoms with Crippen molar-refractivity contribution in [2.24, 2.45) is 0 Å². The van der Waals surface area contributed by atoms with Crippen molar-refractivity contribution in [1.29, 1.82) is 0 Å². The van der Waals surface area contributed by atoms with Gasteiger partial charge in [0.15, 0.2) is 0 Å². The van der Waals surface area contributed by atoms with Gasteiger partial charge in [-0.15, -0.1) is 0 Å². The molecule has 0 heterocycles. The van der Waals surface area contributed by atoms with Crippen LogP contribution in [-0.2, 0) is 24.8 Å². The van der Waals surface area contributed by atoms with Gasteiger partial charge in [0.1, 0.15) is 0 Å². The molecule has 1 amide bonds. The Morgan fingerprint density at radius 3 is 2.06 bits per heavy atom. The highest BCUT2D eigenvalue weighted by Crippen LogP contribution is 2.21. The number of aryl methyl sites for hydroxylation is 2. The van der Waals surface area contributed by atoms with E-state index in [0.717, 1.165) is 17.4 Å². The van der Waals surface area contributed by atoms with Gasteiger partial charge in [0.2, 0.25) is 15.9 Å². The second-order valence-electron chi connectivity index (χ2n) is 8.25. The normalized spacial score (nSPS) is 11.6. The van der Waals surface area contributed by atoms with E-state index in [1.54, 1.807) is 42.5 Å². The summed E-state index contributed by atoms with van der Waals surface area (Å²) in [6.07, 6.45) is 1.55. The molecule has 0 bridgehead atoms. The summed E-state index contributed by atoms with van der Waals surface area (Å²) in [6.45, 7) is 4.02. The molecule has 35 heavy (non-hydrogen) atoms. The van der Waals surface area contributed by atoms with Crippen LogP contribution in [0.25, 0.3) is 0 Å². The monoisotopic (exact) mass is 515 g/mol. The Kier molecular flexibility index (Phi) is 8.18. The molecule has 0 saturated heterocycles. The molecule has 0 aliphatic carbocycles. The number of rotatable bonds is 10. The molecule has 0 spiro atoms. The molecule has 0 aliphatic rings. The standard InChI is InChI=1S/C25H29N3O5S2/c1-19-11-12-22(18-20(19)2)27-35(32,33)24-15-13-21(14-16-24)26-25(29)10-7-17-28(34(3,30)31)23-8-5-4-6-9-23/h4-6,8-9,11-16,18,27H,7,10,17H2,1-3H3,(H,26,29). The molecule has 3 rings (SSSR count). The van der Waals surface area contributed by atoms with Gasteiger partial charge in [-0.1, -0.05) is 24.3 Å². The summed E-state index contributed by atoms with van der Waals surface area (Å²) in [4.78, 5) is 12.4. The van der Waals surface area contributed by atoms with Gasteiger partial charge in [-0.3, -0.25) is 13.8 Å². The smallest absolute Gasteiger partial charge is 0.261 e. The number of hydrogen-bond donors (Lipinski definition) is 2. The van der Waals surface area contributed by atoms with Gasteiger partial charge in [0.25, 0.3) is 10.0 Å². The maximum Gasteiger partial charge on any atom is 0.261 e. The first-order chi connectivity index (χ1) is 16.5. The highest BCUT2D eigenvalue weighted by Gasteiger charge is 2.18. The zero-order chi connectivity index (χ0) is 25.6. The number of carbonyl (C=O) groups excluding carboxylic acids is 1. The molecule has 0 fully saturated rings. The predicted molar refractivity (Wildman–Crippen MR) is 140 cm³/mol. The van der Waals surface area contributed by atoms with Gasteiger partial charge in [-0.2, -0.15) is 0 Å². The fourth-order valence-electron chi connectivity index (χ4n) is 3.42. The number of benzene rings is 3. The fraction of sp³-hybridized carbons (Fsp3) is 0.240. The van der Waals surface area contributed by atoms with E-state index in [1.165, 1.54) is 28.6 Å². The second-order valence-corrected chi connectivity index (χ2v) is 11.8. The number of nitrogens with zero attached hydrogens (tertiary/aromatic N) is 1. The third kappa shape index (κ3) is 7.30. The van der Waals surface area contributed by atoms with Gasteiger partial charge in [-0.05, 0) is 79.9 Å².